The Morgan fingerprint density at radius 1 is 1.50 bits per heavy atom. The zero-order chi connectivity index (χ0) is 14.1. The van der Waals surface area contributed by atoms with E-state index in [9.17, 15) is 4.79 Å². The molecule has 0 saturated heterocycles. The Bertz CT molecular complexity index is 650. The van der Waals surface area contributed by atoms with Crippen LogP contribution in [0.5, 0.6) is 0 Å². The summed E-state index contributed by atoms with van der Waals surface area (Å²) < 4.78 is 5.19. The van der Waals surface area contributed by atoms with E-state index in [1.54, 1.807) is 13.0 Å². The van der Waals surface area contributed by atoms with E-state index in [-0.39, 0.29) is 0 Å². The predicted molar refractivity (Wildman–Crippen MR) is 74.0 cm³/mol. The fourth-order valence-electron chi connectivity index (χ4n) is 1.89. The van der Waals surface area contributed by atoms with Crippen molar-refractivity contribution in [2.75, 3.05) is 0 Å². The van der Waals surface area contributed by atoms with Gasteiger partial charge in [-0.05, 0) is 37.5 Å². The van der Waals surface area contributed by atoms with Gasteiger partial charge < -0.3 is 9.63 Å². The number of carboxylic acids is 1. The Labute approximate surface area is 120 Å². The lowest BCUT2D eigenvalue weighted by Gasteiger charge is -2.04. The first-order valence-electron chi connectivity index (χ1n) is 6.42. The number of nitrogens with zero attached hydrogens (tertiary/aromatic N) is 2. The van der Waals surface area contributed by atoms with E-state index < -0.39 is 5.97 Å². The van der Waals surface area contributed by atoms with Crippen LogP contribution in [0, 0.1) is 6.92 Å². The van der Waals surface area contributed by atoms with Crippen molar-refractivity contribution in [2.45, 2.75) is 36.3 Å². The van der Waals surface area contributed by atoms with Crippen LogP contribution in [0.15, 0.2) is 27.6 Å². The van der Waals surface area contributed by atoms with E-state index in [0.29, 0.717) is 23.1 Å². The Morgan fingerprint density at radius 2 is 2.30 bits per heavy atom. The van der Waals surface area contributed by atoms with Crippen LogP contribution in [0.3, 0.4) is 0 Å². The van der Waals surface area contributed by atoms with Crippen LogP contribution in [-0.2, 0) is 5.75 Å². The normalized spacial score (nSPS) is 14.4. The number of rotatable bonds is 5. The summed E-state index contributed by atoms with van der Waals surface area (Å²) in [5.41, 5.74) is 1.10. The molecule has 0 bridgehead atoms. The number of aryl methyl sites for hydroxylation is 1. The van der Waals surface area contributed by atoms with Crippen LogP contribution in [0.1, 0.15) is 46.4 Å². The van der Waals surface area contributed by atoms with Crippen molar-refractivity contribution >= 4 is 17.7 Å². The zero-order valence-corrected chi connectivity index (χ0v) is 11.8. The summed E-state index contributed by atoms with van der Waals surface area (Å²) >= 11 is 1.51. The summed E-state index contributed by atoms with van der Waals surface area (Å²) in [6, 6.07) is 5.41. The first-order valence-corrected chi connectivity index (χ1v) is 7.41. The molecule has 0 aliphatic heterocycles. The van der Waals surface area contributed by atoms with Crippen molar-refractivity contribution in [2.24, 2.45) is 0 Å². The highest BCUT2D eigenvalue weighted by molar-refractivity contribution is 7.98. The number of carboxylic acid groups (broad SMARTS) is 1. The van der Waals surface area contributed by atoms with Crippen molar-refractivity contribution in [3.05, 3.63) is 41.0 Å². The highest BCUT2D eigenvalue weighted by Gasteiger charge is 2.29. The van der Waals surface area contributed by atoms with Crippen LogP contribution in [0.2, 0.25) is 0 Å². The predicted octanol–water partition coefficient (Wildman–Crippen LogP) is 3.25. The zero-order valence-electron chi connectivity index (χ0n) is 11.0. The number of aromatic nitrogens is 2. The number of aromatic carboxylic acids is 1. The highest BCUT2D eigenvalue weighted by Crippen LogP contribution is 2.39. The van der Waals surface area contributed by atoms with Crippen molar-refractivity contribution in [3.8, 4) is 0 Å². The van der Waals surface area contributed by atoms with Gasteiger partial charge in [-0.15, -0.1) is 11.8 Å². The Kier molecular flexibility index (Phi) is 3.48. The molecule has 0 unspecified atom stereocenters. The van der Waals surface area contributed by atoms with Crippen LogP contribution in [0.25, 0.3) is 0 Å². The Hall–Kier alpha value is -1.82. The van der Waals surface area contributed by atoms with E-state index in [2.05, 4.69) is 10.1 Å². The van der Waals surface area contributed by atoms with E-state index in [1.807, 2.05) is 12.1 Å². The van der Waals surface area contributed by atoms with E-state index in [4.69, 9.17) is 9.63 Å². The number of hydrogen-bond acceptors (Lipinski definition) is 5. The van der Waals surface area contributed by atoms with Crippen molar-refractivity contribution in [1.82, 2.24) is 10.1 Å². The molecule has 0 atom stereocenters. The van der Waals surface area contributed by atoms with E-state index in [1.165, 1.54) is 11.8 Å². The SMILES string of the molecule is Cc1ccc(SCc2noc(C3CC3)n2)cc1C(=O)O. The lowest BCUT2D eigenvalue weighted by atomic mass is 10.1. The number of hydrogen-bond donors (Lipinski definition) is 1. The van der Waals surface area contributed by atoms with Crippen LogP contribution in [-0.4, -0.2) is 21.2 Å². The second-order valence-electron chi connectivity index (χ2n) is 4.89. The molecule has 1 fully saturated rings. The van der Waals surface area contributed by atoms with Gasteiger partial charge in [-0.3, -0.25) is 0 Å². The number of thioether (sulfide) groups is 1. The molecule has 1 aromatic heterocycles. The summed E-state index contributed by atoms with van der Waals surface area (Å²) in [7, 11) is 0. The fourth-order valence-corrected chi connectivity index (χ4v) is 2.67. The second-order valence-corrected chi connectivity index (χ2v) is 5.94. The van der Waals surface area contributed by atoms with Gasteiger partial charge >= 0.3 is 5.97 Å². The average molecular weight is 290 g/mol. The van der Waals surface area contributed by atoms with Crippen LogP contribution >= 0.6 is 11.8 Å². The van der Waals surface area contributed by atoms with Gasteiger partial charge in [0.15, 0.2) is 5.82 Å². The van der Waals surface area contributed by atoms with Crippen LogP contribution < -0.4 is 0 Å². The smallest absolute Gasteiger partial charge is 0.335 e. The second kappa shape index (κ2) is 5.28. The quantitative estimate of drug-likeness (QED) is 0.852. The molecule has 1 aromatic carbocycles. The minimum absolute atomic E-state index is 0.335. The molecule has 104 valence electrons. The third-order valence-corrected chi connectivity index (χ3v) is 4.21. The van der Waals surface area contributed by atoms with Crippen molar-refractivity contribution in [3.63, 3.8) is 0 Å². The summed E-state index contributed by atoms with van der Waals surface area (Å²) in [4.78, 5) is 16.3. The molecule has 3 rings (SSSR count). The van der Waals surface area contributed by atoms with E-state index in [0.717, 1.165) is 29.2 Å². The molecule has 1 saturated carbocycles. The van der Waals surface area contributed by atoms with Crippen LogP contribution in [0.4, 0.5) is 0 Å². The maximum absolute atomic E-state index is 11.1. The third-order valence-electron chi connectivity index (χ3n) is 3.22. The highest BCUT2D eigenvalue weighted by atomic mass is 32.2. The van der Waals surface area contributed by atoms with Gasteiger partial charge in [-0.25, -0.2) is 4.79 Å². The summed E-state index contributed by atoms with van der Waals surface area (Å²) in [6.07, 6.45) is 2.27. The molecule has 0 spiro atoms. The molecule has 0 radical (unpaired) electrons. The van der Waals surface area contributed by atoms with Gasteiger partial charge in [0, 0.05) is 10.8 Å². The van der Waals surface area contributed by atoms with Crippen molar-refractivity contribution in [1.29, 1.82) is 0 Å². The molecule has 0 amide bonds. The molecule has 20 heavy (non-hydrogen) atoms. The minimum Gasteiger partial charge on any atom is -0.478 e. The lowest BCUT2D eigenvalue weighted by Crippen LogP contribution is -1.99. The molecule has 5 nitrogen and oxygen atoms in total. The third kappa shape index (κ3) is 2.85. The topological polar surface area (TPSA) is 76.2 Å². The monoisotopic (exact) mass is 290 g/mol. The van der Waals surface area contributed by atoms with Gasteiger partial charge in [0.2, 0.25) is 5.89 Å². The average Bonchev–Trinajstić information content (AvgIpc) is 3.17. The maximum atomic E-state index is 11.1. The van der Waals surface area contributed by atoms with Gasteiger partial charge in [-0.1, -0.05) is 11.2 Å². The molecule has 1 N–H and O–H groups in total. The largest absolute Gasteiger partial charge is 0.478 e. The molecule has 2 aromatic rings. The summed E-state index contributed by atoms with van der Waals surface area (Å²) in [6.45, 7) is 1.79. The summed E-state index contributed by atoms with van der Waals surface area (Å²) in [5, 5.41) is 13.0. The fraction of sp³-hybridized carbons (Fsp3) is 0.357. The molecule has 6 heteroatoms. The standard InChI is InChI=1S/C14H14N2O3S/c1-8-2-5-10(6-11(8)14(17)18)20-7-12-15-13(19-16-12)9-3-4-9/h2,5-6,9H,3-4,7H2,1H3,(H,17,18). The van der Waals surface area contributed by atoms with Gasteiger partial charge in [0.1, 0.15) is 0 Å². The lowest BCUT2D eigenvalue weighted by molar-refractivity contribution is 0.0696. The Morgan fingerprint density at radius 3 is 3.00 bits per heavy atom. The molecular formula is C14H14N2O3S. The number of carbonyl (C=O) groups is 1. The van der Waals surface area contributed by atoms with Gasteiger partial charge in [0.05, 0.1) is 11.3 Å². The molecule has 1 aliphatic rings. The van der Waals surface area contributed by atoms with Gasteiger partial charge in [0.25, 0.3) is 0 Å². The Balaban J connectivity index is 1.67. The summed E-state index contributed by atoms with van der Waals surface area (Å²) in [5.74, 6) is 1.53. The first kappa shape index (κ1) is 13.2. The molecule has 1 heterocycles. The maximum Gasteiger partial charge on any atom is 0.335 e. The van der Waals surface area contributed by atoms with E-state index >= 15 is 0 Å². The minimum atomic E-state index is -0.902. The van der Waals surface area contributed by atoms with Gasteiger partial charge in [-0.2, -0.15) is 4.98 Å². The molecular weight excluding hydrogens is 276 g/mol. The molecule has 1 aliphatic carbocycles. The number of benzene rings is 1. The van der Waals surface area contributed by atoms with Crippen molar-refractivity contribution < 1.29 is 14.4 Å². The first-order chi connectivity index (χ1) is 9.63.